The van der Waals surface area contributed by atoms with Gasteiger partial charge in [0.15, 0.2) is 11.5 Å². The van der Waals surface area contributed by atoms with Crippen LogP contribution >= 0.6 is 11.6 Å². The van der Waals surface area contributed by atoms with E-state index in [1.165, 1.54) is 80.9 Å². The number of phenols is 1. The second-order valence-corrected chi connectivity index (χ2v) is 33.5. The van der Waals surface area contributed by atoms with E-state index in [0.29, 0.717) is 18.4 Å². The first kappa shape index (κ1) is 84.3. The Balaban J connectivity index is 0.929. The number of fused-ring (bicyclic) bond motifs is 12. The lowest BCUT2D eigenvalue weighted by atomic mass is 9.54. The van der Waals surface area contributed by atoms with Crippen LogP contribution in [0.1, 0.15) is 128 Å². The summed E-state index contributed by atoms with van der Waals surface area (Å²) in [5, 5.41) is 127. The number of ether oxygens (including phenoxy) is 7. The van der Waals surface area contributed by atoms with Gasteiger partial charge in [-0.2, -0.15) is 0 Å². The standard InChI is InChI=1S/C81H92ClN9O26S/c1-35(2)21-53(83-3)73(100)89-66-68(96)40-8-16-55(52(82)28-40)115-57-30-43-29-56(72(57)117-80-71(99)70(98)69(97)58(34-92)116-80)114-46-9-5-38(6-10-46)67(95)65-79(106)88-64(77(104)85-61-41-23-36-22-37(25-41)26-42(61)24-36)49-31-44(93)32-51-60(49)48-27-39(7-15-50(48)81(51,107)108)62(75(102)90-65)87-76(103)63(43)86-74(101)54(84-78(66)105)33-59(94)91-118(109,110)47-13-11-45(12-14-47)113-20-19-112-18-17-111-4/h5-16,27-32,35-37,41-42,53-54,58,61-71,80,83,92-93,95-99,107-108H,17-26,33-34H2,1-4H3,(H,84,105)(H,85,104)(H,86,101)(H,87,103)(H,88,106)(H,89,100)(H,90,102)(H,91,94)/t36?,37?,41?,42?,53-,54+,58-,61?,62-,63-,64+,65+,66-,67-,68-,69-,70+,71-,80+/m1/s1. The fourth-order valence-corrected chi connectivity index (χ4v) is 18.5. The number of aromatic hydroxyl groups is 1. The summed E-state index contributed by atoms with van der Waals surface area (Å²) in [7, 11) is -1.96. The molecule has 5 fully saturated rings. The van der Waals surface area contributed by atoms with Crippen molar-refractivity contribution in [1.82, 2.24) is 47.3 Å². The monoisotopic (exact) mass is 1670 g/mol. The summed E-state index contributed by atoms with van der Waals surface area (Å²) in [6, 6.07) is 6.63. The molecule has 630 valence electrons. The largest absolute Gasteiger partial charge is 0.508 e. The van der Waals surface area contributed by atoms with Crippen LogP contribution in [0.15, 0.2) is 114 Å². The predicted molar refractivity (Wildman–Crippen MR) is 412 cm³/mol. The Bertz CT molecular complexity index is 4950. The Labute approximate surface area is 680 Å². The molecule has 18 N–H and O–H groups in total. The fourth-order valence-electron chi connectivity index (χ4n) is 17.3. The number of nitrogens with one attached hydrogen (secondary N) is 9. The maximum Gasteiger partial charge on any atom is 0.264 e. The topological polar surface area (TPSA) is 526 Å². The minimum Gasteiger partial charge on any atom is -0.508 e. The molecule has 6 aromatic rings. The molecule has 6 aliphatic heterocycles. The maximum absolute atomic E-state index is 16.5. The average molecular weight is 1680 g/mol. The quantitative estimate of drug-likeness (QED) is 0.0356. The third kappa shape index (κ3) is 17.4. The Hall–Kier alpha value is -10.2. The van der Waals surface area contributed by atoms with Gasteiger partial charge in [-0.1, -0.05) is 55.8 Å². The van der Waals surface area contributed by atoms with E-state index in [1.807, 2.05) is 4.72 Å². The van der Waals surface area contributed by atoms with Crippen molar-refractivity contribution in [2.24, 2.45) is 29.6 Å². The van der Waals surface area contributed by atoms with Crippen molar-refractivity contribution in [3.05, 3.63) is 153 Å². The number of amides is 8. The highest BCUT2D eigenvalue weighted by atomic mass is 35.5. The molecule has 0 aromatic heterocycles. The lowest BCUT2D eigenvalue weighted by Gasteiger charge is -2.54. The van der Waals surface area contributed by atoms with Crippen molar-refractivity contribution in [2.45, 2.75) is 161 Å². The molecule has 5 aliphatic carbocycles. The molecular formula is C81H92ClN9O26S. The molecule has 17 rings (SSSR count). The minimum absolute atomic E-state index is 0.0466. The summed E-state index contributed by atoms with van der Waals surface area (Å²) in [5.41, 5.74) is -2.10. The number of hydrogen-bond acceptors (Lipinski definition) is 27. The molecule has 0 radical (unpaired) electrons. The second-order valence-electron chi connectivity index (χ2n) is 31.4. The van der Waals surface area contributed by atoms with Gasteiger partial charge in [0.2, 0.25) is 65.1 Å². The highest BCUT2D eigenvalue weighted by Crippen LogP contribution is 2.56. The van der Waals surface area contributed by atoms with Gasteiger partial charge in [-0.3, -0.25) is 38.4 Å². The van der Waals surface area contributed by atoms with Crippen LogP contribution in [0.2, 0.25) is 5.02 Å². The summed E-state index contributed by atoms with van der Waals surface area (Å²) in [4.78, 5) is 124. The molecule has 0 spiro atoms. The zero-order chi connectivity index (χ0) is 84.1. The molecule has 118 heavy (non-hydrogen) atoms. The molecule has 6 aromatic carbocycles. The van der Waals surface area contributed by atoms with Gasteiger partial charge in [-0.05, 0) is 193 Å². The van der Waals surface area contributed by atoms with Crippen LogP contribution in [0.3, 0.4) is 0 Å². The molecule has 11 aliphatic rings. The number of methoxy groups -OCH3 is 1. The van der Waals surface area contributed by atoms with Crippen molar-refractivity contribution >= 4 is 68.9 Å². The number of carbonyl (C=O) groups excluding carboxylic acids is 8. The third-order valence-electron chi connectivity index (χ3n) is 23.0. The Morgan fingerprint density at radius 3 is 1.97 bits per heavy atom. The average Bonchev–Trinajstić information content (AvgIpc) is 1.52. The number of likely N-dealkylation sites (N-methyl/N-ethyl adjacent to an activating group) is 1. The van der Waals surface area contributed by atoms with Crippen molar-refractivity contribution in [1.29, 1.82) is 0 Å². The van der Waals surface area contributed by atoms with E-state index in [4.69, 9.17) is 44.8 Å². The van der Waals surface area contributed by atoms with Crippen molar-refractivity contribution in [3.8, 4) is 51.4 Å². The van der Waals surface area contributed by atoms with Gasteiger partial charge >= 0.3 is 0 Å². The van der Waals surface area contributed by atoms with Crippen molar-refractivity contribution < 1.29 is 126 Å². The minimum atomic E-state index is -4.92. The van der Waals surface area contributed by atoms with E-state index in [-0.39, 0.29) is 117 Å². The number of aliphatic hydroxyl groups excluding tert-OH is 6. The Morgan fingerprint density at radius 1 is 0.653 bits per heavy atom. The maximum atomic E-state index is 16.5. The summed E-state index contributed by atoms with van der Waals surface area (Å²) in [5.74, 6) is -14.9. The van der Waals surface area contributed by atoms with Gasteiger partial charge in [0.05, 0.1) is 48.8 Å². The van der Waals surface area contributed by atoms with Gasteiger partial charge in [-0.25, -0.2) is 13.1 Å². The summed E-state index contributed by atoms with van der Waals surface area (Å²) < 4.78 is 71.9. The highest BCUT2D eigenvalue weighted by Gasteiger charge is 2.52. The van der Waals surface area contributed by atoms with Crippen LogP contribution in [-0.2, 0) is 68.4 Å². The number of benzene rings is 6. The van der Waals surface area contributed by atoms with Gasteiger partial charge in [0, 0.05) is 24.3 Å². The van der Waals surface area contributed by atoms with E-state index >= 15 is 28.8 Å². The van der Waals surface area contributed by atoms with Crippen LogP contribution in [0, 0.1) is 29.6 Å². The zero-order valence-electron chi connectivity index (χ0n) is 64.2. The summed E-state index contributed by atoms with van der Waals surface area (Å²) in [6.07, 6.45) is -10.9. The summed E-state index contributed by atoms with van der Waals surface area (Å²) in [6.45, 7) is 3.43. The molecule has 0 unspecified atom stereocenters. The first-order valence-electron chi connectivity index (χ1n) is 38.7. The molecule has 15 bridgehead atoms. The van der Waals surface area contributed by atoms with Gasteiger partial charge in [0.25, 0.3) is 10.0 Å². The number of carbonyl (C=O) groups is 8. The van der Waals surface area contributed by atoms with E-state index in [2.05, 4.69) is 42.5 Å². The van der Waals surface area contributed by atoms with Crippen molar-refractivity contribution in [3.63, 3.8) is 0 Å². The number of hydrogen-bond donors (Lipinski definition) is 18. The Morgan fingerprint density at radius 2 is 1.31 bits per heavy atom. The first-order chi connectivity index (χ1) is 56.3. The SMILES string of the molecule is CN[C@H](CC(C)C)C(=O)N[C@H]1C(=O)N[C@@H](CC(=O)NS(=O)(=O)c2ccc(OCCOCCOC)cc2)C(=O)N[C@H]2C(=O)N[C@H]3C(=O)N[C@H](C(=O)N[C@H](C(=O)NC4C5CC6CC(C5)CC4C6)c4cc(O)cc5c4-c4cc3ccc4C5(O)O)[C@H](O)c3ccc(cc3)Oc3cc2cc(c3O[C@@H]2O[C@H](CO)[C@@H](O)[C@H](O)[C@H]2O)Oc2ccc(cc2Cl)[C@H]1O. The van der Waals surface area contributed by atoms with Crippen LogP contribution in [0.5, 0.6) is 40.2 Å². The smallest absolute Gasteiger partial charge is 0.264 e. The van der Waals surface area contributed by atoms with Gasteiger partial charge < -0.3 is 122 Å². The number of phenolic OH excluding ortho intramolecular Hbond substituents is 1. The van der Waals surface area contributed by atoms with Crippen LogP contribution in [0.4, 0.5) is 0 Å². The summed E-state index contributed by atoms with van der Waals surface area (Å²) >= 11 is 7.09. The third-order valence-corrected chi connectivity index (χ3v) is 24.7. The lowest BCUT2D eigenvalue weighted by molar-refractivity contribution is -0.277. The molecule has 35 nitrogen and oxygen atoms in total. The number of sulfonamides is 1. The van der Waals surface area contributed by atoms with Crippen LogP contribution in [0.25, 0.3) is 11.1 Å². The number of aliphatic hydroxyl groups is 8. The second kappa shape index (κ2) is 34.7. The molecule has 4 saturated carbocycles. The van der Waals surface area contributed by atoms with E-state index in [9.17, 15) is 64.0 Å². The number of rotatable bonds is 21. The highest BCUT2D eigenvalue weighted by molar-refractivity contribution is 7.90. The normalized spacial score (nSPS) is 28.4. The molecule has 6 heterocycles. The lowest BCUT2D eigenvalue weighted by Crippen LogP contribution is -2.60. The van der Waals surface area contributed by atoms with Crippen LogP contribution in [-0.4, -0.2) is 210 Å². The zero-order valence-corrected chi connectivity index (χ0v) is 65.7. The van der Waals surface area contributed by atoms with Gasteiger partial charge in [-0.15, -0.1) is 0 Å². The fraction of sp³-hybridized carbons (Fsp3) is 0.457. The van der Waals surface area contributed by atoms with Crippen molar-refractivity contribution in [2.75, 3.05) is 47.2 Å². The molecule has 8 amide bonds. The molecule has 37 heteroatoms. The molecule has 1 saturated heterocycles. The molecular weight excluding hydrogens is 1580 g/mol. The molecule has 14 atom stereocenters. The Kier molecular flexibility index (Phi) is 24.8. The predicted octanol–water partition coefficient (Wildman–Crippen LogP) is 1.22. The van der Waals surface area contributed by atoms with Crippen LogP contribution < -0.4 is 66.2 Å². The number of halogens is 1. The van der Waals surface area contributed by atoms with E-state index in [1.54, 1.807) is 13.8 Å². The van der Waals surface area contributed by atoms with E-state index in [0.717, 1.165) is 74.6 Å². The van der Waals surface area contributed by atoms with Gasteiger partial charge in [0.1, 0.15) is 102 Å². The van der Waals surface area contributed by atoms with E-state index < -0.39 is 195 Å². The first-order valence-corrected chi connectivity index (χ1v) is 40.5.